The predicted molar refractivity (Wildman–Crippen MR) is 57.9 cm³/mol. The van der Waals surface area contributed by atoms with Crippen LogP contribution in [0.2, 0.25) is 0 Å². The molecule has 1 rings (SSSR count). The molecule has 1 amide bonds. The molecule has 0 aliphatic rings. The SMILES string of the molecule is COC(C)C(=O)Nc1ccc(C)c(O)c1. The topological polar surface area (TPSA) is 58.6 Å². The Bertz CT molecular complexity index is 363. The third-order valence-electron chi connectivity index (χ3n) is 2.20. The van der Waals surface area contributed by atoms with Gasteiger partial charge in [-0.05, 0) is 25.5 Å². The molecule has 2 N–H and O–H groups in total. The number of hydrogen-bond donors (Lipinski definition) is 2. The van der Waals surface area contributed by atoms with Gasteiger partial charge in [0.05, 0.1) is 0 Å². The van der Waals surface area contributed by atoms with Gasteiger partial charge in [0.2, 0.25) is 0 Å². The molecule has 0 aliphatic carbocycles. The average molecular weight is 209 g/mol. The molecule has 0 aliphatic heterocycles. The van der Waals surface area contributed by atoms with Gasteiger partial charge in [0.25, 0.3) is 5.91 Å². The lowest BCUT2D eigenvalue weighted by atomic mass is 10.2. The number of anilines is 1. The summed E-state index contributed by atoms with van der Waals surface area (Å²) in [5, 5.41) is 12.1. The number of hydrogen-bond acceptors (Lipinski definition) is 3. The van der Waals surface area contributed by atoms with Crippen LogP contribution in [-0.2, 0) is 9.53 Å². The van der Waals surface area contributed by atoms with Gasteiger partial charge < -0.3 is 15.2 Å². The third kappa shape index (κ3) is 2.95. The Morgan fingerprint density at radius 1 is 1.53 bits per heavy atom. The van der Waals surface area contributed by atoms with Crippen LogP contribution in [0.1, 0.15) is 12.5 Å². The summed E-state index contributed by atoms with van der Waals surface area (Å²) in [6.45, 7) is 3.45. The number of methoxy groups -OCH3 is 1. The van der Waals surface area contributed by atoms with Crippen LogP contribution in [0, 0.1) is 6.92 Å². The quantitative estimate of drug-likeness (QED) is 0.796. The second-order valence-corrected chi connectivity index (χ2v) is 3.37. The zero-order valence-corrected chi connectivity index (χ0v) is 9.07. The van der Waals surface area contributed by atoms with Gasteiger partial charge >= 0.3 is 0 Å². The fourth-order valence-electron chi connectivity index (χ4n) is 1.04. The lowest BCUT2D eigenvalue weighted by Crippen LogP contribution is -2.26. The van der Waals surface area contributed by atoms with Crippen molar-refractivity contribution in [1.82, 2.24) is 0 Å². The standard InChI is InChI=1S/C11H15NO3/c1-7-4-5-9(6-10(7)13)12-11(14)8(2)15-3/h4-6,8,13H,1-3H3,(H,12,14). The van der Waals surface area contributed by atoms with Crippen molar-refractivity contribution in [3.63, 3.8) is 0 Å². The first-order chi connectivity index (χ1) is 7.04. The highest BCUT2D eigenvalue weighted by Crippen LogP contribution is 2.20. The Hall–Kier alpha value is -1.55. The second kappa shape index (κ2) is 4.79. The van der Waals surface area contributed by atoms with Crippen LogP contribution >= 0.6 is 0 Å². The van der Waals surface area contributed by atoms with Crippen molar-refractivity contribution in [2.45, 2.75) is 20.0 Å². The van der Waals surface area contributed by atoms with Gasteiger partial charge in [0.15, 0.2) is 0 Å². The second-order valence-electron chi connectivity index (χ2n) is 3.37. The number of nitrogens with one attached hydrogen (secondary N) is 1. The van der Waals surface area contributed by atoms with Crippen molar-refractivity contribution in [2.75, 3.05) is 12.4 Å². The van der Waals surface area contributed by atoms with Crippen molar-refractivity contribution >= 4 is 11.6 Å². The maximum atomic E-state index is 11.4. The summed E-state index contributed by atoms with van der Waals surface area (Å²) in [4.78, 5) is 11.4. The number of benzene rings is 1. The Labute approximate surface area is 88.9 Å². The Balaban J connectivity index is 2.73. The van der Waals surface area contributed by atoms with Gasteiger partial charge in [0.1, 0.15) is 11.9 Å². The van der Waals surface area contributed by atoms with Crippen molar-refractivity contribution in [3.8, 4) is 5.75 Å². The molecule has 0 heterocycles. The van der Waals surface area contributed by atoms with E-state index in [1.807, 2.05) is 0 Å². The van der Waals surface area contributed by atoms with Gasteiger partial charge in [-0.15, -0.1) is 0 Å². The molecule has 82 valence electrons. The molecule has 0 spiro atoms. The lowest BCUT2D eigenvalue weighted by molar-refractivity contribution is -0.124. The molecule has 0 fully saturated rings. The van der Waals surface area contributed by atoms with Crippen LogP contribution in [0.15, 0.2) is 18.2 Å². The normalized spacial score (nSPS) is 12.2. The lowest BCUT2D eigenvalue weighted by Gasteiger charge is -2.11. The summed E-state index contributed by atoms with van der Waals surface area (Å²) in [6, 6.07) is 4.98. The van der Waals surface area contributed by atoms with Crippen LogP contribution in [0.4, 0.5) is 5.69 Å². The number of phenolic OH excluding ortho intramolecular Hbond substituents is 1. The molecule has 0 aromatic heterocycles. The van der Waals surface area contributed by atoms with E-state index >= 15 is 0 Å². The summed E-state index contributed by atoms with van der Waals surface area (Å²) < 4.78 is 4.86. The van der Waals surface area contributed by atoms with Gasteiger partial charge in [-0.3, -0.25) is 4.79 Å². The third-order valence-corrected chi connectivity index (χ3v) is 2.20. The molecule has 15 heavy (non-hydrogen) atoms. The molecular weight excluding hydrogens is 194 g/mol. The molecule has 0 bridgehead atoms. The smallest absolute Gasteiger partial charge is 0.253 e. The fraction of sp³-hybridized carbons (Fsp3) is 0.364. The highest BCUT2D eigenvalue weighted by Gasteiger charge is 2.11. The molecule has 0 saturated carbocycles. The zero-order valence-electron chi connectivity index (χ0n) is 9.07. The monoisotopic (exact) mass is 209 g/mol. The Kier molecular flexibility index (Phi) is 3.68. The fourth-order valence-corrected chi connectivity index (χ4v) is 1.04. The first kappa shape index (κ1) is 11.5. The number of carbonyl (C=O) groups excluding carboxylic acids is 1. The molecule has 4 nitrogen and oxygen atoms in total. The largest absolute Gasteiger partial charge is 0.508 e. The van der Waals surface area contributed by atoms with E-state index < -0.39 is 6.10 Å². The van der Waals surface area contributed by atoms with E-state index in [4.69, 9.17) is 4.74 Å². The number of aromatic hydroxyl groups is 1. The van der Waals surface area contributed by atoms with Crippen molar-refractivity contribution < 1.29 is 14.6 Å². The van der Waals surface area contributed by atoms with E-state index in [0.29, 0.717) is 5.69 Å². The first-order valence-electron chi connectivity index (χ1n) is 4.68. The molecular formula is C11H15NO3. The van der Waals surface area contributed by atoms with E-state index in [1.165, 1.54) is 13.2 Å². The number of amides is 1. The molecule has 0 saturated heterocycles. The zero-order chi connectivity index (χ0) is 11.4. The van der Waals surface area contributed by atoms with Crippen LogP contribution in [0.25, 0.3) is 0 Å². The van der Waals surface area contributed by atoms with Gasteiger partial charge in [-0.2, -0.15) is 0 Å². The van der Waals surface area contributed by atoms with Gasteiger partial charge in [-0.25, -0.2) is 0 Å². The summed E-state index contributed by atoms with van der Waals surface area (Å²) in [7, 11) is 1.47. The minimum atomic E-state index is -0.506. The van der Waals surface area contributed by atoms with Crippen LogP contribution in [0.5, 0.6) is 5.75 Å². The Morgan fingerprint density at radius 2 is 2.20 bits per heavy atom. The maximum Gasteiger partial charge on any atom is 0.253 e. The van der Waals surface area contributed by atoms with Crippen LogP contribution in [0.3, 0.4) is 0 Å². The summed E-state index contributed by atoms with van der Waals surface area (Å²) in [5.74, 6) is -0.0707. The van der Waals surface area contributed by atoms with Crippen LogP contribution < -0.4 is 5.32 Å². The highest BCUT2D eigenvalue weighted by atomic mass is 16.5. The molecule has 1 unspecified atom stereocenters. The molecule has 1 atom stereocenters. The molecule has 1 aromatic carbocycles. The van der Waals surface area contributed by atoms with Crippen molar-refractivity contribution in [2.24, 2.45) is 0 Å². The Morgan fingerprint density at radius 3 is 2.73 bits per heavy atom. The maximum absolute atomic E-state index is 11.4. The number of aryl methyl sites for hydroxylation is 1. The van der Waals surface area contributed by atoms with Crippen molar-refractivity contribution in [1.29, 1.82) is 0 Å². The van der Waals surface area contributed by atoms with E-state index in [2.05, 4.69) is 5.32 Å². The predicted octanol–water partition coefficient (Wildman–Crippen LogP) is 1.67. The minimum absolute atomic E-state index is 0.165. The van der Waals surface area contributed by atoms with E-state index in [1.54, 1.807) is 26.0 Å². The molecule has 4 heteroatoms. The minimum Gasteiger partial charge on any atom is -0.508 e. The molecule has 1 aromatic rings. The first-order valence-corrected chi connectivity index (χ1v) is 4.68. The summed E-state index contributed by atoms with van der Waals surface area (Å²) >= 11 is 0. The van der Waals surface area contributed by atoms with E-state index in [9.17, 15) is 9.90 Å². The molecule has 0 radical (unpaired) electrons. The number of phenols is 1. The van der Waals surface area contributed by atoms with Crippen molar-refractivity contribution in [3.05, 3.63) is 23.8 Å². The summed E-state index contributed by atoms with van der Waals surface area (Å²) in [6.07, 6.45) is -0.506. The van der Waals surface area contributed by atoms with Gasteiger partial charge in [0, 0.05) is 18.9 Å². The van der Waals surface area contributed by atoms with Crippen LogP contribution in [-0.4, -0.2) is 24.2 Å². The number of carbonyl (C=O) groups is 1. The highest BCUT2D eigenvalue weighted by molar-refractivity contribution is 5.94. The van der Waals surface area contributed by atoms with E-state index in [0.717, 1.165) is 5.56 Å². The number of rotatable bonds is 3. The van der Waals surface area contributed by atoms with E-state index in [-0.39, 0.29) is 11.7 Å². The number of ether oxygens (including phenoxy) is 1. The summed E-state index contributed by atoms with van der Waals surface area (Å²) in [5.41, 5.74) is 1.33. The average Bonchev–Trinajstić information content (AvgIpc) is 2.22. The van der Waals surface area contributed by atoms with Gasteiger partial charge in [-0.1, -0.05) is 6.07 Å².